The summed E-state index contributed by atoms with van der Waals surface area (Å²) in [6.45, 7) is 0.428. The molecule has 0 atom stereocenters. The fraction of sp³-hybridized carbons (Fsp3) is 0.333. The summed E-state index contributed by atoms with van der Waals surface area (Å²) in [4.78, 5) is 22.6. The Morgan fingerprint density at radius 1 is 1.33 bits per heavy atom. The van der Waals surface area contributed by atoms with Crippen molar-refractivity contribution in [1.82, 2.24) is 20.2 Å². The Balaban J connectivity index is 2.04. The third-order valence-electron chi connectivity index (χ3n) is 2.68. The maximum Gasteiger partial charge on any atom is 0.361 e. The minimum absolute atomic E-state index is 0.195. The minimum atomic E-state index is -0.464. The number of rotatable bonds is 6. The van der Waals surface area contributed by atoms with Crippen LogP contribution in [-0.2, 0) is 11.3 Å². The van der Waals surface area contributed by atoms with Crippen molar-refractivity contribution in [2.75, 3.05) is 20.8 Å². The van der Waals surface area contributed by atoms with E-state index in [0.29, 0.717) is 17.1 Å². The summed E-state index contributed by atoms with van der Waals surface area (Å²) in [5, 5.41) is 9.11. The van der Waals surface area contributed by atoms with Crippen LogP contribution in [0.4, 0.5) is 0 Å². The van der Waals surface area contributed by atoms with Crippen molar-refractivity contribution in [2.45, 2.75) is 6.54 Å². The molecule has 0 aliphatic carbocycles. The Kier molecular flexibility index (Phi) is 4.54. The first-order valence-corrected chi connectivity index (χ1v) is 6.03. The van der Waals surface area contributed by atoms with Crippen molar-refractivity contribution in [1.29, 1.82) is 0 Å². The second-order valence-corrected chi connectivity index (χ2v) is 3.94. The van der Waals surface area contributed by atoms with Gasteiger partial charge >= 0.3 is 11.7 Å². The number of ether oxygens (including phenoxy) is 3. The van der Waals surface area contributed by atoms with Crippen LogP contribution in [-0.4, -0.2) is 47.0 Å². The van der Waals surface area contributed by atoms with E-state index in [4.69, 9.17) is 9.47 Å². The SMILES string of the molecule is COC(=O)c1ccc(OCCn2nn[nH]c2=O)c(OC)c1. The van der Waals surface area contributed by atoms with E-state index in [-0.39, 0.29) is 13.2 Å². The van der Waals surface area contributed by atoms with E-state index in [2.05, 4.69) is 20.3 Å². The van der Waals surface area contributed by atoms with Crippen molar-refractivity contribution >= 4 is 5.97 Å². The molecule has 1 aromatic carbocycles. The topological polar surface area (TPSA) is 108 Å². The predicted octanol–water partition coefficient (Wildman–Crippen LogP) is -0.159. The summed E-state index contributed by atoms with van der Waals surface area (Å²) in [7, 11) is 2.76. The highest BCUT2D eigenvalue weighted by molar-refractivity contribution is 5.90. The quantitative estimate of drug-likeness (QED) is 0.737. The maximum atomic E-state index is 11.4. The Labute approximate surface area is 119 Å². The Hall–Kier alpha value is -2.84. The van der Waals surface area contributed by atoms with Gasteiger partial charge in [0.2, 0.25) is 0 Å². The lowest BCUT2D eigenvalue weighted by Gasteiger charge is -2.11. The van der Waals surface area contributed by atoms with Crippen molar-refractivity contribution in [3.8, 4) is 11.5 Å². The summed E-state index contributed by atoms with van der Waals surface area (Å²) in [6, 6.07) is 4.67. The van der Waals surface area contributed by atoms with Gasteiger partial charge in [-0.1, -0.05) is 0 Å². The molecule has 2 aromatic rings. The molecule has 0 unspecified atom stereocenters. The van der Waals surface area contributed by atoms with Gasteiger partial charge in [0.1, 0.15) is 6.61 Å². The molecule has 0 saturated heterocycles. The number of hydrogen-bond donors (Lipinski definition) is 1. The number of nitrogens with zero attached hydrogens (tertiary/aromatic N) is 3. The van der Waals surface area contributed by atoms with Gasteiger partial charge in [-0.25, -0.2) is 14.7 Å². The number of aromatic nitrogens is 4. The molecule has 0 spiro atoms. The van der Waals surface area contributed by atoms with E-state index in [9.17, 15) is 9.59 Å². The van der Waals surface area contributed by atoms with Gasteiger partial charge in [-0.15, -0.1) is 0 Å². The number of H-pyrrole nitrogens is 1. The molecule has 0 radical (unpaired) electrons. The van der Waals surface area contributed by atoms with Crippen LogP contribution < -0.4 is 15.2 Å². The first kappa shape index (κ1) is 14.6. The number of aromatic amines is 1. The van der Waals surface area contributed by atoms with Crippen molar-refractivity contribution in [2.24, 2.45) is 0 Å². The van der Waals surface area contributed by atoms with E-state index in [1.807, 2.05) is 0 Å². The summed E-state index contributed by atoms with van der Waals surface area (Å²) < 4.78 is 16.4. The maximum absolute atomic E-state index is 11.4. The van der Waals surface area contributed by atoms with Gasteiger partial charge < -0.3 is 14.2 Å². The van der Waals surface area contributed by atoms with Crippen LogP contribution in [0.1, 0.15) is 10.4 Å². The molecular weight excluding hydrogens is 280 g/mol. The number of carbonyl (C=O) groups excluding carboxylic acids is 1. The highest BCUT2D eigenvalue weighted by Crippen LogP contribution is 2.28. The second-order valence-electron chi connectivity index (χ2n) is 3.94. The normalized spacial score (nSPS) is 10.2. The minimum Gasteiger partial charge on any atom is -0.493 e. The van der Waals surface area contributed by atoms with Crippen molar-refractivity contribution < 1.29 is 19.0 Å². The lowest BCUT2D eigenvalue weighted by molar-refractivity contribution is 0.0600. The molecule has 0 aliphatic heterocycles. The molecule has 9 nitrogen and oxygen atoms in total. The molecule has 0 saturated carbocycles. The van der Waals surface area contributed by atoms with E-state index in [0.717, 1.165) is 4.68 Å². The average molecular weight is 294 g/mol. The van der Waals surface area contributed by atoms with E-state index in [1.165, 1.54) is 20.3 Å². The largest absolute Gasteiger partial charge is 0.493 e. The van der Waals surface area contributed by atoms with E-state index >= 15 is 0 Å². The summed E-state index contributed by atoms with van der Waals surface area (Å²) in [6.07, 6.45) is 0. The lowest BCUT2D eigenvalue weighted by atomic mass is 10.2. The number of hydrogen-bond acceptors (Lipinski definition) is 7. The van der Waals surface area contributed by atoms with Gasteiger partial charge in [0, 0.05) is 0 Å². The van der Waals surface area contributed by atoms with Crippen LogP contribution in [0.25, 0.3) is 0 Å². The molecule has 0 aliphatic rings. The summed E-state index contributed by atoms with van der Waals surface area (Å²) in [5.74, 6) is 0.376. The third-order valence-corrected chi connectivity index (χ3v) is 2.68. The number of methoxy groups -OCH3 is 2. The number of tetrazole rings is 1. The molecule has 0 fully saturated rings. The molecule has 0 bridgehead atoms. The monoisotopic (exact) mass is 294 g/mol. The molecule has 9 heteroatoms. The first-order valence-electron chi connectivity index (χ1n) is 6.03. The van der Waals surface area contributed by atoms with Gasteiger partial charge in [-0.3, -0.25) is 0 Å². The summed E-state index contributed by atoms with van der Waals surface area (Å²) in [5.41, 5.74) is -0.0546. The van der Waals surface area contributed by atoms with Crippen molar-refractivity contribution in [3.63, 3.8) is 0 Å². The second kappa shape index (κ2) is 6.55. The van der Waals surface area contributed by atoms with Crippen LogP contribution in [0, 0.1) is 0 Å². The first-order chi connectivity index (χ1) is 10.2. The van der Waals surface area contributed by atoms with Crippen LogP contribution in [0.5, 0.6) is 11.5 Å². The van der Waals surface area contributed by atoms with Gasteiger partial charge in [-0.05, 0) is 28.6 Å². The van der Waals surface area contributed by atoms with Gasteiger partial charge in [0.15, 0.2) is 11.5 Å². The van der Waals surface area contributed by atoms with Crippen LogP contribution in [0.2, 0.25) is 0 Å². The van der Waals surface area contributed by atoms with Crippen LogP contribution >= 0.6 is 0 Å². The molecule has 1 N–H and O–H groups in total. The number of carbonyl (C=O) groups is 1. The smallest absolute Gasteiger partial charge is 0.361 e. The molecule has 1 aromatic heterocycles. The van der Waals surface area contributed by atoms with Gasteiger partial charge in [0.25, 0.3) is 0 Å². The molecule has 21 heavy (non-hydrogen) atoms. The Morgan fingerprint density at radius 3 is 2.76 bits per heavy atom. The molecule has 112 valence electrons. The van der Waals surface area contributed by atoms with Gasteiger partial charge in [0.05, 0.1) is 26.3 Å². The Morgan fingerprint density at radius 2 is 2.14 bits per heavy atom. The zero-order valence-electron chi connectivity index (χ0n) is 11.5. The molecule has 1 heterocycles. The van der Waals surface area contributed by atoms with E-state index < -0.39 is 11.7 Å². The fourth-order valence-electron chi connectivity index (χ4n) is 1.64. The van der Waals surface area contributed by atoms with Gasteiger partial charge in [-0.2, -0.15) is 4.68 Å². The lowest BCUT2D eigenvalue weighted by Crippen LogP contribution is -2.21. The number of nitrogens with one attached hydrogen (secondary N) is 1. The average Bonchev–Trinajstić information content (AvgIpc) is 2.92. The molecule has 2 rings (SSSR count). The highest BCUT2D eigenvalue weighted by atomic mass is 16.5. The summed E-state index contributed by atoms with van der Waals surface area (Å²) >= 11 is 0. The van der Waals surface area contributed by atoms with Crippen molar-refractivity contribution in [3.05, 3.63) is 34.2 Å². The number of esters is 1. The third kappa shape index (κ3) is 3.38. The highest BCUT2D eigenvalue weighted by Gasteiger charge is 2.11. The van der Waals surface area contributed by atoms with Crippen LogP contribution in [0.3, 0.4) is 0 Å². The van der Waals surface area contributed by atoms with Crippen LogP contribution in [0.15, 0.2) is 23.0 Å². The standard InChI is InChI=1S/C12H14N4O5/c1-19-10-7-8(11(17)20-2)3-4-9(10)21-6-5-16-12(18)13-14-15-16/h3-4,7H,5-6H2,1-2H3,(H,13,15,18). The number of benzene rings is 1. The fourth-order valence-corrected chi connectivity index (χ4v) is 1.64. The van der Waals surface area contributed by atoms with E-state index in [1.54, 1.807) is 12.1 Å². The zero-order valence-corrected chi connectivity index (χ0v) is 11.5. The zero-order chi connectivity index (χ0) is 15.2. The predicted molar refractivity (Wildman–Crippen MR) is 70.5 cm³/mol. The Bertz CT molecular complexity index is 678. The molecule has 0 amide bonds. The molecular formula is C12H14N4O5.